The highest BCUT2D eigenvalue weighted by molar-refractivity contribution is 6.02. The largest absolute Gasteiger partial charge is 0.269 e. The molecule has 0 heterocycles. The third-order valence-electron chi connectivity index (χ3n) is 4.28. The van der Waals surface area contributed by atoms with Crippen molar-refractivity contribution in [3.8, 4) is 6.07 Å². The minimum atomic E-state index is 0.129. The van der Waals surface area contributed by atoms with Crippen LogP contribution in [0.5, 0.6) is 0 Å². The summed E-state index contributed by atoms with van der Waals surface area (Å²) in [6.07, 6.45) is 4.07. The molecule has 0 unspecified atom stereocenters. The van der Waals surface area contributed by atoms with E-state index in [4.69, 9.17) is 13.1 Å². The Kier molecular flexibility index (Phi) is 3.25. The topological polar surface area (TPSA) is 32.5 Å². The Morgan fingerprint density at radius 2 is 1.48 bits per heavy atom. The molecule has 0 saturated carbocycles. The molecule has 0 amide bonds. The van der Waals surface area contributed by atoms with Crippen LogP contribution in [-0.2, 0) is 0 Å². The van der Waals surface area contributed by atoms with Crippen LogP contribution in [0.25, 0.3) is 33.0 Å². The van der Waals surface area contributed by atoms with Gasteiger partial charge in [0.2, 0.25) is 0 Å². The van der Waals surface area contributed by atoms with Gasteiger partial charge in [-0.05, 0) is 60.7 Å². The molecule has 0 N–H and O–H groups in total. The van der Waals surface area contributed by atoms with Crippen LogP contribution in [0.15, 0.2) is 34.7 Å². The van der Waals surface area contributed by atoms with E-state index in [9.17, 15) is 5.26 Å². The van der Waals surface area contributed by atoms with Gasteiger partial charge in [-0.2, -0.15) is 0 Å². The number of hydrogen-bond acceptors (Lipinski definition) is 1. The fourth-order valence-corrected chi connectivity index (χ4v) is 3.33. The highest BCUT2D eigenvalue weighted by Gasteiger charge is 2.25. The van der Waals surface area contributed by atoms with Gasteiger partial charge in [-0.1, -0.05) is 23.3 Å². The average molecular weight is 295 g/mol. The van der Waals surface area contributed by atoms with E-state index in [0.717, 1.165) is 44.5 Å². The van der Waals surface area contributed by atoms with Crippen LogP contribution in [0, 0.1) is 24.5 Å². The van der Waals surface area contributed by atoms with E-state index >= 15 is 0 Å². The molecule has 3 nitrogen and oxygen atoms in total. The predicted molar refractivity (Wildman–Crippen MR) is 92.1 cm³/mol. The molecule has 2 aliphatic carbocycles. The lowest BCUT2D eigenvalue weighted by Crippen LogP contribution is -1.92. The Bertz CT molecular complexity index is 991. The number of benzene rings is 1. The highest BCUT2D eigenvalue weighted by atomic mass is 14.7. The van der Waals surface area contributed by atoms with Crippen LogP contribution in [0.3, 0.4) is 0 Å². The van der Waals surface area contributed by atoms with Gasteiger partial charge in [0.15, 0.2) is 5.70 Å². The van der Waals surface area contributed by atoms with Gasteiger partial charge in [0.25, 0.3) is 5.70 Å². The predicted octanol–water partition coefficient (Wildman–Crippen LogP) is 5.32. The van der Waals surface area contributed by atoms with Gasteiger partial charge in [-0.15, -0.1) is 0 Å². The van der Waals surface area contributed by atoms with Crippen molar-refractivity contribution in [3.63, 3.8) is 0 Å². The maximum Gasteiger partial charge on any atom is 0.269 e. The lowest BCUT2D eigenvalue weighted by atomic mass is 9.95. The summed E-state index contributed by atoms with van der Waals surface area (Å²) in [6, 6.07) is 6.10. The standard InChI is InChI=1S/C20H13N3/c1-11-6-14-9-17-15(8-16(14)19(11)13(3)22-4)7-12(2)20(17)18(10-21)23-5/h6-9H,1-3H3/b19-13-,20-18+. The van der Waals surface area contributed by atoms with Crippen molar-refractivity contribution in [1.82, 2.24) is 0 Å². The molecule has 3 heteroatoms. The summed E-state index contributed by atoms with van der Waals surface area (Å²) in [4.78, 5) is 6.95. The minimum Gasteiger partial charge on any atom is -0.242 e. The molecule has 23 heavy (non-hydrogen) atoms. The monoisotopic (exact) mass is 295 g/mol. The maximum atomic E-state index is 9.21. The molecule has 0 saturated heterocycles. The van der Waals surface area contributed by atoms with E-state index in [0.29, 0.717) is 5.70 Å². The van der Waals surface area contributed by atoms with Gasteiger partial charge in [0, 0.05) is 5.57 Å². The molecule has 0 fully saturated rings. The van der Waals surface area contributed by atoms with E-state index in [2.05, 4.69) is 21.8 Å². The molecule has 0 aliphatic heterocycles. The zero-order chi connectivity index (χ0) is 16.7. The van der Waals surface area contributed by atoms with Crippen molar-refractivity contribution < 1.29 is 0 Å². The third kappa shape index (κ3) is 2.02. The molecule has 0 atom stereocenters. The fraction of sp³-hybridized carbons (Fsp3) is 0.150. The Hall–Kier alpha value is -3.35. The lowest BCUT2D eigenvalue weighted by molar-refractivity contribution is 1.45. The van der Waals surface area contributed by atoms with Gasteiger partial charge in [0.1, 0.15) is 0 Å². The van der Waals surface area contributed by atoms with Crippen molar-refractivity contribution in [2.24, 2.45) is 0 Å². The first-order valence-electron chi connectivity index (χ1n) is 7.18. The molecule has 0 radical (unpaired) electrons. The zero-order valence-corrected chi connectivity index (χ0v) is 13.2. The number of nitrogens with zero attached hydrogens (tertiary/aromatic N) is 3. The summed E-state index contributed by atoms with van der Waals surface area (Å²) in [5.41, 5.74) is 8.58. The lowest BCUT2D eigenvalue weighted by Gasteiger charge is -2.10. The molecule has 108 valence electrons. The summed E-state index contributed by atoms with van der Waals surface area (Å²) in [5, 5.41) is 9.21. The second-order valence-corrected chi connectivity index (χ2v) is 5.70. The van der Waals surface area contributed by atoms with E-state index < -0.39 is 0 Å². The van der Waals surface area contributed by atoms with Crippen LogP contribution < -0.4 is 0 Å². The molecule has 2 aliphatic rings. The maximum absolute atomic E-state index is 9.21. The SMILES string of the molecule is [C-]#[N+]/C(C)=C1/C(C)=Cc2cc3c(cc21)C=C(C)/C3=C(/C#N)[N+]#[C-]. The summed E-state index contributed by atoms with van der Waals surface area (Å²) in [5.74, 6) is 0. The quantitative estimate of drug-likeness (QED) is 0.470. The summed E-state index contributed by atoms with van der Waals surface area (Å²) >= 11 is 0. The Morgan fingerprint density at radius 1 is 0.957 bits per heavy atom. The summed E-state index contributed by atoms with van der Waals surface area (Å²) in [6.45, 7) is 20.3. The van der Waals surface area contributed by atoms with Crippen LogP contribution in [0.2, 0.25) is 0 Å². The number of nitriles is 1. The average Bonchev–Trinajstić information content (AvgIpc) is 3.01. The molecule has 3 rings (SSSR count). The van der Waals surface area contributed by atoms with Crippen LogP contribution >= 0.6 is 0 Å². The first-order valence-corrected chi connectivity index (χ1v) is 7.18. The van der Waals surface area contributed by atoms with E-state index in [1.54, 1.807) is 0 Å². The Labute approximate surface area is 135 Å². The van der Waals surface area contributed by atoms with Crippen molar-refractivity contribution in [3.05, 3.63) is 79.8 Å². The normalized spacial score (nSPS) is 18.8. The minimum absolute atomic E-state index is 0.129. The molecular formula is C20H13N3. The van der Waals surface area contributed by atoms with E-state index in [1.807, 2.05) is 39.0 Å². The van der Waals surface area contributed by atoms with E-state index in [1.165, 1.54) is 0 Å². The number of fused-ring (bicyclic) bond motifs is 2. The molecular weight excluding hydrogens is 282 g/mol. The Balaban J connectivity index is 2.32. The smallest absolute Gasteiger partial charge is 0.242 e. The number of allylic oxidation sites excluding steroid dienone is 6. The zero-order valence-electron chi connectivity index (χ0n) is 13.2. The van der Waals surface area contributed by atoms with Gasteiger partial charge in [0.05, 0.1) is 19.2 Å². The number of hydrogen-bond donors (Lipinski definition) is 0. The molecule has 1 aromatic rings. The second-order valence-electron chi connectivity index (χ2n) is 5.70. The van der Waals surface area contributed by atoms with Crippen LogP contribution in [-0.4, -0.2) is 0 Å². The molecule has 0 bridgehead atoms. The fourth-order valence-electron chi connectivity index (χ4n) is 3.33. The Morgan fingerprint density at radius 3 is 1.96 bits per heavy atom. The van der Waals surface area contributed by atoms with Gasteiger partial charge in [-0.25, -0.2) is 15.0 Å². The third-order valence-corrected chi connectivity index (χ3v) is 4.28. The van der Waals surface area contributed by atoms with Crippen molar-refractivity contribution in [1.29, 1.82) is 5.26 Å². The van der Waals surface area contributed by atoms with Gasteiger partial charge >= 0.3 is 0 Å². The molecule has 1 aromatic carbocycles. The van der Waals surface area contributed by atoms with Gasteiger partial charge < -0.3 is 0 Å². The highest BCUT2D eigenvalue weighted by Crippen LogP contribution is 2.44. The van der Waals surface area contributed by atoms with Crippen LogP contribution in [0.4, 0.5) is 0 Å². The van der Waals surface area contributed by atoms with Gasteiger partial charge in [-0.3, -0.25) is 0 Å². The summed E-state index contributed by atoms with van der Waals surface area (Å²) in [7, 11) is 0. The molecule has 0 spiro atoms. The van der Waals surface area contributed by atoms with Crippen molar-refractivity contribution in [2.45, 2.75) is 20.8 Å². The first-order chi connectivity index (χ1) is 11.0. The second kappa shape index (κ2) is 5.13. The van der Waals surface area contributed by atoms with Crippen molar-refractivity contribution >= 4 is 23.3 Å². The first kappa shape index (κ1) is 14.6. The molecule has 0 aromatic heterocycles. The van der Waals surface area contributed by atoms with E-state index in [-0.39, 0.29) is 5.70 Å². The number of rotatable bonds is 0. The van der Waals surface area contributed by atoms with Crippen LogP contribution in [0.1, 0.15) is 43.0 Å². The van der Waals surface area contributed by atoms with Crippen molar-refractivity contribution in [2.75, 3.05) is 0 Å². The summed E-state index contributed by atoms with van der Waals surface area (Å²) < 4.78 is 0.